The molecule has 202 valence electrons. The van der Waals surface area contributed by atoms with E-state index in [-0.39, 0.29) is 57.0 Å². The van der Waals surface area contributed by atoms with Gasteiger partial charge in [0.05, 0.1) is 23.6 Å². The Morgan fingerprint density at radius 2 is 1.60 bits per heavy atom. The molecule has 0 unspecified atom stereocenters. The molecule has 1 aliphatic carbocycles. The van der Waals surface area contributed by atoms with Crippen molar-refractivity contribution in [2.75, 3.05) is 0 Å². The zero-order valence-electron chi connectivity index (χ0n) is 21.5. The van der Waals surface area contributed by atoms with Gasteiger partial charge in [-0.2, -0.15) is 5.10 Å². The van der Waals surface area contributed by atoms with Crippen LogP contribution in [0.5, 0.6) is 0 Å². The van der Waals surface area contributed by atoms with Gasteiger partial charge in [0.25, 0.3) is 5.56 Å². The summed E-state index contributed by atoms with van der Waals surface area (Å²) in [4.78, 5) is 29.4. The molecule has 0 spiro atoms. The molecular formula is C28H21F4N7O. The molecule has 0 saturated heterocycles. The Balaban J connectivity index is 1.44. The van der Waals surface area contributed by atoms with Crippen LogP contribution in [0.25, 0.3) is 28.3 Å². The Kier molecular flexibility index (Phi) is 6.05. The zero-order valence-corrected chi connectivity index (χ0v) is 21.5. The zero-order chi connectivity index (χ0) is 28.3. The van der Waals surface area contributed by atoms with Crippen LogP contribution in [0, 0.1) is 37.1 Å². The minimum atomic E-state index is -1.05. The average molecular weight is 548 g/mol. The maximum absolute atomic E-state index is 16.1. The smallest absolute Gasteiger partial charge is 0.276 e. The highest BCUT2D eigenvalue weighted by atomic mass is 19.1. The van der Waals surface area contributed by atoms with Crippen molar-refractivity contribution in [3.63, 3.8) is 0 Å². The third-order valence-electron chi connectivity index (χ3n) is 7.13. The van der Waals surface area contributed by atoms with E-state index in [0.717, 1.165) is 17.0 Å². The summed E-state index contributed by atoms with van der Waals surface area (Å²) in [5.41, 5.74) is -0.980. The quantitative estimate of drug-likeness (QED) is 0.290. The molecule has 1 fully saturated rings. The molecule has 5 aromatic rings. The van der Waals surface area contributed by atoms with Crippen LogP contribution in [0.15, 0.2) is 54.0 Å². The Morgan fingerprint density at radius 3 is 2.30 bits per heavy atom. The summed E-state index contributed by atoms with van der Waals surface area (Å²) in [7, 11) is 1.60. The first-order valence-electron chi connectivity index (χ1n) is 12.4. The number of rotatable bonds is 5. The van der Waals surface area contributed by atoms with E-state index in [0.29, 0.717) is 12.2 Å². The van der Waals surface area contributed by atoms with Crippen molar-refractivity contribution in [1.82, 2.24) is 34.3 Å². The minimum Gasteiger partial charge on any atom is -0.276 e. The van der Waals surface area contributed by atoms with Crippen molar-refractivity contribution in [1.29, 1.82) is 0 Å². The first-order valence-corrected chi connectivity index (χ1v) is 12.4. The largest absolute Gasteiger partial charge is 0.291 e. The van der Waals surface area contributed by atoms with Crippen LogP contribution in [0.3, 0.4) is 0 Å². The van der Waals surface area contributed by atoms with E-state index < -0.39 is 28.8 Å². The fraction of sp³-hybridized carbons (Fsp3) is 0.214. The maximum atomic E-state index is 16.1. The van der Waals surface area contributed by atoms with E-state index in [1.54, 1.807) is 14.0 Å². The third kappa shape index (κ3) is 4.07. The molecule has 1 aliphatic rings. The predicted molar refractivity (Wildman–Crippen MR) is 137 cm³/mol. The highest BCUT2D eigenvalue weighted by Gasteiger charge is 2.44. The Hall–Kier alpha value is -4.74. The Morgan fingerprint density at radius 1 is 0.875 bits per heavy atom. The van der Waals surface area contributed by atoms with Gasteiger partial charge in [0, 0.05) is 30.4 Å². The van der Waals surface area contributed by atoms with Crippen molar-refractivity contribution < 1.29 is 17.6 Å². The number of aryl methyl sites for hydroxylation is 3. The van der Waals surface area contributed by atoms with Crippen LogP contribution < -0.4 is 5.56 Å². The molecular weight excluding hydrogens is 526 g/mol. The summed E-state index contributed by atoms with van der Waals surface area (Å²) in [5, 5.41) is 3.95. The third-order valence-corrected chi connectivity index (χ3v) is 7.13. The normalized spacial score (nSPS) is 16.4. The van der Waals surface area contributed by atoms with Gasteiger partial charge in [-0.25, -0.2) is 37.2 Å². The molecule has 0 N–H and O–H groups in total. The van der Waals surface area contributed by atoms with Crippen LogP contribution in [-0.4, -0.2) is 34.3 Å². The summed E-state index contributed by atoms with van der Waals surface area (Å²) in [6, 6.07) is 5.87. The summed E-state index contributed by atoms with van der Waals surface area (Å²) < 4.78 is 62.8. The van der Waals surface area contributed by atoms with E-state index >= 15 is 13.2 Å². The van der Waals surface area contributed by atoms with E-state index in [4.69, 9.17) is 0 Å². The van der Waals surface area contributed by atoms with Crippen molar-refractivity contribution in [3.05, 3.63) is 105 Å². The minimum absolute atomic E-state index is 0.0914. The second-order valence-electron chi connectivity index (χ2n) is 9.73. The molecule has 4 heterocycles. The fourth-order valence-electron chi connectivity index (χ4n) is 5.07. The first kappa shape index (κ1) is 25.5. The molecule has 8 nitrogen and oxygen atoms in total. The number of hydrogen-bond acceptors (Lipinski definition) is 6. The molecule has 6 rings (SSSR count). The topological polar surface area (TPSA) is 91.4 Å². The second kappa shape index (κ2) is 9.47. The van der Waals surface area contributed by atoms with Gasteiger partial charge in [0.15, 0.2) is 23.3 Å². The first-order chi connectivity index (χ1) is 19.2. The number of aromatic nitrogens is 7. The van der Waals surface area contributed by atoms with Crippen LogP contribution >= 0.6 is 0 Å². The lowest BCUT2D eigenvalue weighted by Gasteiger charge is -2.17. The summed E-state index contributed by atoms with van der Waals surface area (Å²) in [6.45, 7) is 3.09. The van der Waals surface area contributed by atoms with Crippen molar-refractivity contribution in [2.45, 2.75) is 32.1 Å². The van der Waals surface area contributed by atoms with Crippen molar-refractivity contribution in [3.8, 4) is 28.3 Å². The number of pyridine rings is 2. The lowest BCUT2D eigenvalue weighted by Crippen LogP contribution is -2.27. The maximum Gasteiger partial charge on any atom is 0.291 e. The standard InChI is InChI=1S/C28H21F4N7O/c1-13-9-33-24(16-5-4-6-17(21(16)30)27-36-12-37-38(27)3)23(32)25(13)39-14(2)7-19(22(31)28(39)40)18-8-20(18)26-34-10-15(29)11-35-26/h4-7,9-12,18,20H,8H2,1-3H3/t18-,20+/m1/s1. The van der Waals surface area contributed by atoms with Crippen LogP contribution in [0.1, 0.15) is 40.9 Å². The lowest BCUT2D eigenvalue weighted by molar-refractivity contribution is 0.566. The molecule has 0 amide bonds. The van der Waals surface area contributed by atoms with E-state index in [1.165, 1.54) is 48.4 Å². The van der Waals surface area contributed by atoms with Gasteiger partial charge in [-0.15, -0.1) is 0 Å². The molecule has 40 heavy (non-hydrogen) atoms. The molecule has 2 atom stereocenters. The highest BCUT2D eigenvalue weighted by molar-refractivity contribution is 5.71. The van der Waals surface area contributed by atoms with Gasteiger partial charge in [-0.3, -0.25) is 14.3 Å². The molecule has 1 saturated carbocycles. The van der Waals surface area contributed by atoms with Gasteiger partial charge < -0.3 is 0 Å². The Labute approximate surface area is 225 Å². The number of benzene rings is 1. The lowest BCUT2D eigenvalue weighted by atomic mass is 10.0. The van der Waals surface area contributed by atoms with Gasteiger partial charge in [-0.1, -0.05) is 6.07 Å². The van der Waals surface area contributed by atoms with Crippen LogP contribution in [0.2, 0.25) is 0 Å². The molecule has 0 bridgehead atoms. The summed E-state index contributed by atoms with van der Waals surface area (Å²) in [6.07, 6.45) is 5.14. The fourth-order valence-corrected chi connectivity index (χ4v) is 5.07. The number of halogens is 4. The monoisotopic (exact) mass is 547 g/mol. The molecule has 4 aromatic heterocycles. The summed E-state index contributed by atoms with van der Waals surface area (Å²) >= 11 is 0. The van der Waals surface area contributed by atoms with Gasteiger partial charge in [0.2, 0.25) is 0 Å². The van der Waals surface area contributed by atoms with Gasteiger partial charge >= 0.3 is 0 Å². The van der Waals surface area contributed by atoms with Crippen LogP contribution in [0.4, 0.5) is 17.6 Å². The molecule has 0 aliphatic heterocycles. The van der Waals surface area contributed by atoms with E-state index in [1.807, 2.05) is 0 Å². The SMILES string of the molecule is Cc1cnc(-c2cccc(-c3ncnn3C)c2F)c(F)c1-n1c(C)cc([C@H]2C[C@@H]2c2ncc(F)cn2)c(F)c1=O. The average Bonchev–Trinajstić information content (AvgIpc) is 3.61. The Bertz CT molecular complexity index is 1850. The summed E-state index contributed by atoms with van der Waals surface area (Å²) in [5.74, 6) is -3.40. The number of nitrogens with zero attached hydrogens (tertiary/aromatic N) is 7. The molecule has 0 radical (unpaired) electrons. The van der Waals surface area contributed by atoms with Gasteiger partial charge in [-0.05, 0) is 55.5 Å². The second-order valence-corrected chi connectivity index (χ2v) is 9.73. The predicted octanol–water partition coefficient (Wildman–Crippen LogP) is 4.93. The van der Waals surface area contributed by atoms with E-state index in [9.17, 15) is 9.18 Å². The molecule has 12 heteroatoms. The van der Waals surface area contributed by atoms with Crippen molar-refractivity contribution in [2.24, 2.45) is 7.05 Å². The van der Waals surface area contributed by atoms with E-state index in [2.05, 4.69) is 25.0 Å². The number of hydrogen-bond donors (Lipinski definition) is 0. The van der Waals surface area contributed by atoms with Crippen LogP contribution in [-0.2, 0) is 7.05 Å². The highest BCUT2D eigenvalue weighted by Crippen LogP contribution is 2.54. The molecule has 1 aromatic carbocycles. The van der Waals surface area contributed by atoms with Crippen molar-refractivity contribution >= 4 is 0 Å². The van der Waals surface area contributed by atoms with Gasteiger partial charge in [0.1, 0.15) is 23.7 Å².